The fourth-order valence-electron chi connectivity index (χ4n) is 2.74. The first kappa shape index (κ1) is 15.3. The van der Waals surface area contributed by atoms with Crippen molar-refractivity contribution in [2.75, 3.05) is 13.7 Å². The van der Waals surface area contributed by atoms with Crippen molar-refractivity contribution in [3.63, 3.8) is 0 Å². The zero-order valence-electron chi connectivity index (χ0n) is 12.0. The van der Waals surface area contributed by atoms with Crippen LogP contribution in [0, 0.1) is 0 Å². The molecule has 1 aromatic carbocycles. The molecule has 0 saturated carbocycles. The third-order valence-electron chi connectivity index (χ3n) is 3.87. The molecule has 0 radical (unpaired) electrons. The molecule has 1 unspecified atom stereocenters. The molecule has 2 rings (SSSR count). The van der Waals surface area contributed by atoms with Crippen molar-refractivity contribution in [1.82, 2.24) is 4.31 Å². The maximum atomic E-state index is 12.7. The van der Waals surface area contributed by atoms with Gasteiger partial charge >= 0.3 is 0 Å². The van der Waals surface area contributed by atoms with E-state index in [2.05, 4.69) is 0 Å². The molecular formula is C14H22N2O3S. The lowest BCUT2D eigenvalue weighted by molar-refractivity contribution is 0.379. The molecule has 0 aliphatic carbocycles. The predicted molar refractivity (Wildman–Crippen MR) is 78.1 cm³/mol. The van der Waals surface area contributed by atoms with Gasteiger partial charge in [-0.25, -0.2) is 8.42 Å². The van der Waals surface area contributed by atoms with E-state index in [4.69, 9.17) is 10.5 Å². The first-order chi connectivity index (χ1) is 9.54. The quantitative estimate of drug-likeness (QED) is 0.898. The highest BCUT2D eigenvalue weighted by Gasteiger charge is 2.34. The molecule has 0 bridgehead atoms. The Morgan fingerprint density at radius 1 is 1.45 bits per heavy atom. The Balaban J connectivity index is 2.39. The van der Waals surface area contributed by atoms with Crippen molar-refractivity contribution in [3.8, 4) is 5.75 Å². The van der Waals surface area contributed by atoms with Crippen molar-refractivity contribution < 1.29 is 13.2 Å². The van der Waals surface area contributed by atoms with Gasteiger partial charge in [-0.1, -0.05) is 6.92 Å². The maximum Gasteiger partial charge on any atom is 0.243 e. The Bertz CT molecular complexity index is 572. The molecule has 20 heavy (non-hydrogen) atoms. The second-order valence-corrected chi connectivity index (χ2v) is 6.89. The normalized spacial score (nSPS) is 20.2. The highest BCUT2D eigenvalue weighted by molar-refractivity contribution is 7.89. The summed E-state index contributed by atoms with van der Waals surface area (Å²) in [5.41, 5.74) is 6.37. The van der Waals surface area contributed by atoms with Crippen LogP contribution in [0.2, 0.25) is 0 Å². The number of rotatable bonds is 5. The molecule has 1 aliphatic rings. The number of nitrogens with two attached hydrogens (primary N) is 1. The minimum atomic E-state index is -3.44. The molecular weight excluding hydrogens is 276 g/mol. The van der Waals surface area contributed by atoms with Gasteiger partial charge in [0.05, 0.1) is 12.0 Å². The van der Waals surface area contributed by atoms with Crippen LogP contribution >= 0.6 is 0 Å². The van der Waals surface area contributed by atoms with E-state index in [-0.39, 0.29) is 12.6 Å². The third-order valence-corrected chi connectivity index (χ3v) is 5.82. The van der Waals surface area contributed by atoms with Crippen LogP contribution in [-0.4, -0.2) is 32.4 Å². The van der Waals surface area contributed by atoms with Gasteiger partial charge in [0.15, 0.2) is 0 Å². The number of nitrogens with zero attached hydrogens (tertiary/aromatic N) is 1. The van der Waals surface area contributed by atoms with Crippen molar-refractivity contribution in [1.29, 1.82) is 0 Å². The minimum Gasteiger partial charge on any atom is -0.496 e. The van der Waals surface area contributed by atoms with Gasteiger partial charge in [0.25, 0.3) is 0 Å². The summed E-state index contributed by atoms with van der Waals surface area (Å²) in [4.78, 5) is 0.305. The topological polar surface area (TPSA) is 72.6 Å². The summed E-state index contributed by atoms with van der Waals surface area (Å²) >= 11 is 0. The zero-order valence-corrected chi connectivity index (χ0v) is 12.8. The Morgan fingerprint density at radius 2 is 2.20 bits per heavy atom. The van der Waals surface area contributed by atoms with E-state index in [1.54, 1.807) is 29.6 Å². The van der Waals surface area contributed by atoms with Crippen LogP contribution in [0.1, 0.15) is 31.7 Å². The van der Waals surface area contributed by atoms with Crippen LogP contribution in [0.5, 0.6) is 5.75 Å². The van der Waals surface area contributed by atoms with Gasteiger partial charge in [0.2, 0.25) is 10.0 Å². The fourth-order valence-corrected chi connectivity index (χ4v) is 4.56. The lowest BCUT2D eigenvalue weighted by Gasteiger charge is -2.23. The van der Waals surface area contributed by atoms with Gasteiger partial charge in [0, 0.05) is 24.7 Å². The van der Waals surface area contributed by atoms with Crippen LogP contribution in [0.3, 0.4) is 0 Å². The zero-order chi connectivity index (χ0) is 14.8. The highest BCUT2D eigenvalue weighted by atomic mass is 32.2. The van der Waals surface area contributed by atoms with E-state index in [0.29, 0.717) is 22.8 Å². The Hall–Kier alpha value is -1.11. The molecule has 1 aromatic rings. The second-order valence-electron chi connectivity index (χ2n) is 5.00. The van der Waals surface area contributed by atoms with Crippen molar-refractivity contribution in [2.24, 2.45) is 5.73 Å². The van der Waals surface area contributed by atoms with E-state index in [1.165, 1.54) is 0 Å². The highest BCUT2D eigenvalue weighted by Crippen LogP contribution is 2.30. The van der Waals surface area contributed by atoms with Crippen LogP contribution in [0.25, 0.3) is 0 Å². The first-order valence-corrected chi connectivity index (χ1v) is 8.37. The number of methoxy groups -OCH3 is 1. The van der Waals surface area contributed by atoms with Crippen LogP contribution in [0.4, 0.5) is 0 Å². The van der Waals surface area contributed by atoms with E-state index >= 15 is 0 Å². The Labute approximate surface area is 120 Å². The van der Waals surface area contributed by atoms with Crippen molar-refractivity contribution >= 4 is 10.0 Å². The number of hydrogen-bond acceptors (Lipinski definition) is 4. The Morgan fingerprint density at radius 3 is 2.80 bits per heavy atom. The van der Waals surface area contributed by atoms with Crippen molar-refractivity contribution in [2.45, 2.75) is 43.7 Å². The molecule has 6 heteroatoms. The summed E-state index contributed by atoms with van der Waals surface area (Å²) in [6, 6.07) is 5.01. The van der Waals surface area contributed by atoms with Crippen LogP contribution < -0.4 is 10.5 Å². The number of ether oxygens (including phenoxy) is 1. The van der Waals surface area contributed by atoms with Gasteiger partial charge in [-0.05, 0) is 37.5 Å². The molecule has 1 fully saturated rings. The molecule has 0 amide bonds. The SMILES string of the molecule is CCC1CCCN1S(=O)(=O)c1ccc(OC)c(CN)c1. The van der Waals surface area contributed by atoms with Crippen LogP contribution in [0.15, 0.2) is 23.1 Å². The average Bonchev–Trinajstić information content (AvgIpc) is 2.95. The fraction of sp³-hybridized carbons (Fsp3) is 0.571. The molecule has 0 spiro atoms. The van der Waals surface area contributed by atoms with Gasteiger partial charge in [-0.2, -0.15) is 4.31 Å². The van der Waals surface area contributed by atoms with E-state index < -0.39 is 10.0 Å². The molecule has 112 valence electrons. The smallest absolute Gasteiger partial charge is 0.243 e. The maximum absolute atomic E-state index is 12.7. The average molecular weight is 298 g/mol. The largest absolute Gasteiger partial charge is 0.496 e. The van der Waals surface area contributed by atoms with Gasteiger partial charge in [0.1, 0.15) is 5.75 Å². The summed E-state index contributed by atoms with van der Waals surface area (Å²) in [5, 5.41) is 0. The Kier molecular flexibility index (Phi) is 4.67. The first-order valence-electron chi connectivity index (χ1n) is 6.93. The van der Waals surface area contributed by atoms with E-state index in [1.807, 2.05) is 6.92 Å². The lowest BCUT2D eigenvalue weighted by Crippen LogP contribution is -2.35. The number of hydrogen-bond donors (Lipinski definition) is 1. The summed E-state index contributed by atoms with van der Waals surface area (Å²) in [6.07, 6.45) is 2.71. The summed E-state index contributed by atoms with van der Waals surface area (Å²) < 4.78 is 32.2. The van der Waals surface area contributed by atoms with Crippen molar-refractivity contribution in [3.05, 3.63) is 23.8 Å². The number of sulfonamides is 1. The molecule has 0 aromatic heterocycles. The van der Waals surface area contributed by atoms with Crippen LogP contribution in [-0.2, 0) is 16.6 Å². The molecule has 5 nitrogen and oxygen atoms in total. The molecule has 1 aliphatic heterocycles. The van der Waals surface area contributed by atoms with Gasteiger partial charge in [-0.15, -0.1) is 0 Å². The molecule has 1 atom stereocenters. The predicted octanol–water partition coefficient (Wildman–Crippen LogP) is 1.72. The summed E-state index contributed by atoms with van der Waals surface area (Å²) in [7, 11) is -1.88. The molecule has 2 N–H and O–H groups in total. The second kappa shape index (κ2) is 6.11. The summed E-state index contributed by atoms with van der Waals surface area (Å²) in [5.74, 6) is 0.625. The number of benzene rings is 1. The monoisotopic (exact) mass is 298 g/mol. The van der Waals surface area contributed by atoms with E-state index in [0.717, 1.165) is 19.3 Å². The standard InChI is InChI=1S/C14H22N2O3S/c1-3-12-5-4-8-16(12)20(17,18)13-6-7-14(19-2)11(9-13)10-15/h6-7,9,12H,3-5,8,10,15H2,1-2H3. The molecule has 1 saturated heterocycles. The lowest BCUT2D eigenvalue weighted by atomic mass is 10.2. The van der Waals surface area contributed by atoms with E-state index in [9.17, 15) is 8.42 Å². The molecule has 1 heterocycles. The third kappa shape index (κ3) is 2.68. The van der Waals surface area contributed by atoms with Gasteiger partial charge in [-0.3, -0.25) is 0 Å². The minimum absolute atomic E-state index is 0.114. The summed E-state index contributed by atoms with van der Waals surface area (Å²) in [6.45, 7) is 2.88. The van der Waals surface area contributed by atoms with Gasteiger partial charge < -0.3 is 10.5 Å².